The SMILES string of the molecule is CC1CN(c2snc(N)c2S(C)(=O)=O)CC(CO)O1. The Hall–Kier alpha value is -0.900. The van der Waals surface area contributed by atoms with Gasteiger partial charge in [-0.25, -0.2) is 8.42 Å². The van der Waals surface area contributed by atoms with Gasteiger partial charge in [0.1, 0.15) is 9.90 Å². The Morgan fingerprint density at radius 1 is 1.58 bits per heavy atom. The van der Waals surface area contributed by atoms with E-state index in [1.54, 1.807) is 0 Å². The second kappa shape index (κ2) is 5.23. The van der Waals surface area contributed by atoms with E-state index in [2.05, 4.69) is 4.37 Å². The van der Waals surface area contributed by atoms with Gasteiger partial charge in [-0.2, -0.15) is 4.37 Å². The summed E-state index contributed by atoms with van der Waals surface area (Å²) in [6, 6.07) is 0. The Kier molecular flexibility index (Phi) is 4.00. The molecule has 0 spiro atoms. The molecule has 108 valence electrons. The molecule has 19 heavy (non-hydrogen) atoms. The third-order valence-electron chi connectivity index (χ3n) is 2.85. The van der Waals surface area contributed by atoms with Crippen molar-refractivity contribution in [3.8, 4) is 0 Å². The minimum absolute atomic E-state index is 0.0298. The number of hydrogen-bond donors (Lipinski definition) is 2. The van der Waals surface area contributed by atoms with Gasteiger partial charge in [0.2, 0.25) is 0 Å². The van der Waals surface area contributed by atoms with Gasteiger partial charge in [-0.1, -0.05) is 0 Å². The molecule has 1 aromatic heterocycles. The van der Waals surface area contributed by atoms with Gasteiger partial charge in [0.25, 0.3) is 0 Å². The summed E-state index contributed by atoms with van der Waals surface area (Å²) in [4.78, 5) is 1.93. The third kappa shape index (κ3) is 2.99. The molecule has 0 aliphatic carbocycles. The van der Waals surface area contributed by atoms with Crippen LogP contribution in [0.2, 0.25) is 0 Å². The van der Waals surface area contributed by atoms with Crippen LogP contribution in [0.25, 0.3) is 0 Å². The quantitative estimate of drug-likeness (QED) is 0.790. The second-order valence-corrected chi connectivity index (χ2v) is 7.33. The summed E-state index contributed by atoms with van der Waals surface area (Å²) in [6.07, 6.45) is 0.686. The summed E-state index contributed by atoms with van der Waals surface area (Å²) in [5.41, 5.74) is 5.65. The van der Waals surface area contributed by atoms with E-state index < -0.39 is 9.84 Å². The lowest BCUT2D eigenvalue weighted by Gasteiger charge is -2.36. The van der Waals surface area contributed by atoms with Crippen LogP contribution in [0.15, 0.2) is 4.90 Å². The lowest BCUT2D eigenvalue weighted by molar-refractivity contribution is -0.0420. The molecule has 1 saturated heterocycles. The van der Waals surface area contributed by atoms with Crippen molar-refractivity contribution in [1.29, 1.82) is 0 Å². The van der Waals surface area contributed by atoms with E-state index in [0.29, 0.717) is 18.1 Å². The molecular formula is C10H17N3O4S2. The number of aliphatic hydroxyl groups is 1. The maximum Gasteiger partial charge on any atom is 0.182 e. The normalized spacial score (nSPS) is 24.7. The van der Waals surface area contributed by atoms with Crippen LogP contribution in [0, 0.1) is 0 Å². The predicted molar refractivity (Wildman–Crippen MR) is 73.3 cm³/mol. The Labute approximate surface area is 116 Å². The molecule has 3 N–H and O–H groups in total. The van der Waals surface area contributed by atoms with Crippen LogP contribution in [-0.2, 0) is 14.6 Å². The zero-order valence-corrected chi connectivity index (χ0v) is 12.4. The molecule has 0 radical (unpaired) electrons. The lowest BCUT2D eigenvalue weighted by Crippen LogP contribution is -2.48. The first-order valence-electron chi connectivity index (χ1n) is 5.79. The number of anilines is 2. The molecule has 2 rings (SSSR count). The fourth-order valence-electron chi connectivity index (χ4n) is 2.15. The van der Waals surface area contributed by atoms with Crippen molar-refractivity contribution >= 4 is 32.2 Å². The van der Waals surface area contributed by atoms with Gasteiger partial charge >= 0.3 is 0 Å². The maximum atomic E-state index is 11.8. The minimum atomic E-state index is -3.43. The molecule has 9 heteroatoms. The molecule has 1 aromatic rings. The molecule has 2 unspecified atom stereocenters. The van der Waals surface area contributed by atoms with E-state index in [9.17, 15) is 13.5 Å². The number of nitrogen functional groups attached to an aromatic ring is 1. The Bertz CT molecular complexity index is 557. The van der Waals surface area contributed by atoms with E-state index in [0.717, 1.165) is 17.8 Å². The molecule has 0 saturated carbocycles. The summed E-state index contributed by atoms with van der Waals surface area (Å²) in [7, 11) is -3.43. The van der Waals surface area contributed by atoms with E-state index in [1.165, 1.54) is 0 Å². The first-order chi connectivity index (χ1) is 8.82. The summed E-state index contributed by atoms with van der Waals surface area (Å²) < 4.78 is 33.0. The smallest absolute Gasteiger partial charge is 0.182 e. The minimum Gasteiger partial charge on any atom is -0.394 e. The van der Waals surface area contributed by atoms with Crippen LogP contribution in [0.5, 0.6) is 0 Å². The van der Waals surface area contributed by atoms with Gasteiger partial charge in [-0.05, 0) is 18.5 Å². The highest BCUT2D eigenvalue weighted by Gasteiger charge is 2.31. The summed E-state index contributed by atoms with van der Waals surface area (Å²) in [6.45, 7) is 2.73. The highest BCUT2D eigenvalue weighted by Crippen LogP contribution is 2.35. The zero-order valence-electron chi connectivity index (χ0n) is 10.7. The Morgan fingerprint density at radius 2 is 2.26 bits per heavy atom. The molecule has 1 fully saturated rings. The number of rotatable bonds is 3. The molecule has 0 bridgehead atoms. The van der Waals surface area contributed by atoms with Gasteiger partial charge in [0, 0.05) is 19.3 Å². The maximum absolute atomic E-state index is 11.8. The standard InChI is InChI=1S/C10H17N3O4S2/c1-6-3-13(4-7(5-14)17-6)10-8(19(2,15)16)9(11)12-18-10/h6-7,14H,3-5H2,1-2H3,(H2,11,12). The van der Waals surface area contributed by atoms with Crippen molar-refractivity contribution in [2.24, 2.45) is 0 Å². The number of hydrogen-bond acceptors (Lipinski definition) is 8. The van der Waals surface area contributed by atoms with Crippen LogP contribution < -0.4 is 10.6 Å². The monoisotopic (exact) mass is 307 g/mol. The third-order valence-corrected chi connectivity index (χ3v) is 5.04. The predicted octanol–water partition coefficient (Wildman–Crippen LogP) is -0.285. The van der Waals surface area contributed by atoms with E-state index >= 15 is 0 Å². The average molecular weight is 307 g/mol. The fourth-order valence-corrected chi connectivity index (χ4v) is 4.37. The van der Waals surface area contributed by atoms with Crippen LogP contribution in [0.4, 0.5) is 10.8 Å². The van der Waals surface area contributed by atoms with Gasteiger partial charge in [-0.15, -0.1) is 0 Å². The number of nitrogens with zero attached hydrogens (tertiary/aromatic N) is 2. The van der Waals surface area contributed by atoms with E-state index in [-0.39, 0.29) is 29.5 Å². The Balaban J connectivity index is 2.37. The fraction of sp³-hybridized carbons (Fsp3) is 0.700. The van der Waals surface area contributed by atoms with Crippen molar-refractivity contribution in [2.45, 2.75) is 24.0 Å². The van der Waals surface area contributed by atoms with Crippen molar-refractivity contribution < 1.29 is 18.3 Å². The molecule has 2 atom stereocenters. The van der Waals surface area contributed by atoms with Gasteiger partial charge in [0.15, 0.2) is 15.7 Å². The first-order valence-corrected chi connectivity index (χ1v) is 8.46. The highest BCUT2D eigenvalue weighted by molar-refractivity contribution is 7.91. The number of sulfone groups is 1. The largest absolute Gasteiger partial charge is 0.394 e. The molecule has 1 aliphatic heterocycles. The number of aromatic nitrogens is 1. The topological polar surface area (TPSA) is 106 Å². The number of morpholine rings is 1. The molecule has 7 nitrogen and oxygen atoms in total. The molecule has 0 aromatic carbocycles. The number of ether oxygens (including phenoxy) is 1. The first kappa shape index (κ1) is 14.5. The zero-order chi connectivity index (χ0) is 14.2. The summed E-state index contributed by atoms with van der Waals surface area (Å²) in [5.74, 6) is 0.0298. The van der Waals surface area contributed by atoms with Crippen LogP contribution >= 0.6 is 11.5 Å². The van der Waals surface area contributed by atoms with Crippen molar-refractivity contribution in [1.82, 2.24) is 4.37 Å². The summed E-state index contributed by atoms with van der Waals surface area (Å²) >= 11 is 1.06. The Morgan fingerprint density at radius 3 is 2.84 bits per heavy atom. The van der Waals surface area contributed by atoms with Crippen LogP contribution in [0.3, 0.4) is 0 Å². The van der Waals surface area contributed by atoms with Gasteiger partial charge in [0.05, 0.1) is 18.8 Å². The number of nitrogens with two attached hydrogens (primary N) is 1. The lowest BCUT2D eigenvalue weighted by atomic mass is 10.2. The van der Waals surface area contributed by atoms with Crippen LogP contribution in [-0.4, -0.2) is 56.1 Å². The van der Waals surface area contributed by atoms with E-state index in [1.807, 2.05) is 11.8 Å². The highest BCUT2D eigenvalue weighted by atomic mass is 32.2. The van der Waals surface area contributed by atoms with Gasteiger partial charge < -0.3 is 20.5 Å². The average Bonchev–Trinajstić information content (AvgIpc) is 2.70. The molecule has 1 aliphatic rings. The van der Waals surface area contributed by atoms with Crippen LogP contribution in [0.1, 0.15) is 6.92 Å². The van der Waals surface area contributed by atoms with Crippen molar-refractivity contribution in [3.05, 3.63) is 0 Å². The molecule has 0 amide bonds. The summed E-state index contributed by atoms with van der Waals surface area (Å²) in [5, 5.41) is 9.72. The second-order valence-electron chi connectivity index (χ2n) is 4.63. The van der Waals surface area contributed by atoms with Crippen molar-refractivity contribution in [3.63, 3.8) is 0 Å². The number of aliphatic hydroxyl groups excluding tert-OH is 1. The van der Waals surface area contributed by atoms with Crippen molar-refractivity contribution in [2.75, 3.05) is 36.6 Å². The molecular weight excluding hydrogens is 290 g/mol. The molecule has 2 heterocycles. The van der Waals surface area contributed by atoms with E-state index in [4.69, 9.17) is 10.5 Å². The van der Waals surface area contributed by atoms with Gasteiger partial charge in [-0.3, -0.25) is 0 Å².